The van der Waals surface area contributed by atoms with Crippen molar-refractivity contribution in [2.45, 2.75) is 44.4 Å². The zero-order chi connectivity index (χ0) is 24.2. The van der Waals surface area contributed by atoms with Crippen LogP contribution >= 0.6 is 0 Å². The Balaban J connectivity index is 1.28. The molecule has 1 saturated heterocycles. The number of rotatable bonds is 4. The van der Waals surface area contributed by atoms with Crippen molar-refractivity contribution in [1.29, 1.82) is 0 Å². The number of nitrogens with zero attached hydrogens (tertiary/aromatic N) is 6. The number of para-hydroxylation sites is 2. The minimum atomic E-state index is 0.0220. The second kappa shape index (κ2) is 8.26. The van der Waals surface area contributed by atoms with Crippen LogP contribution in [-0.2, 0) is 0 Å². The van der Waals surface area contributed by atoms with Crippen LogP contribution in [-0.4, -0.2) is 48.6 Å². The molecule has 2 aliphatic rings. The lowest BCUT2D eigenvalue weighted by atomic mass is 9.96. The molecule has 0 N–H and O–H groups in total. The molecule has 1 atom stereocenters. The van der Waals surface area contributed by atoms with Crippen molar-refractivity contribution >= 4 is 28.0 Å². The van der Waals surface area contributed by atoms with Crippen molar-refractivity contribution in [2.24, 2.45) is 0 Å². The van der Waals surface area contributed by atoms with Crippen molar-refractivity contribution in [3.8, 4) is 5.82 Å². The molecule has 0 bridgehead atoms. The van der Waals surface area contributed by atoms with Crippen LogP contribution in [0.5, 0.6) is 0 Å². The van der Waals surface area contributed by atoms with E-state index < -0.39 is 0 Å². The fourth-order valence-electron chi connectivity index (χ4n) is 5.30. The van der Waals surface area contributed by atoms with Gasteiger partial charge in [-0.2, -0.15) is 9.78 Å². The first-order valence-corrected chi connectivity index (χ1v) is 12.6. The van der Waals surface area contributed by atoms with Gasteiger partial charge in [-0.15, -0.1) is 0 Å². The second-order valence-electron chi connectivity index (χ2n) is 9.86. The number of hydrogen-bond acceptors (Lipinski definition) is 6. The zero-order valence-electron chi connectivity index (χ0n) is 20.1. The molecule has 8 nitrogen and oxygen atoms in total. The number of hydrogen-bond donors (Lipinski definition) is 0. The van der Waals surface area contributed by atoms with E-state index in [1.165, 1.54) is 0 Å². The summed E-state index contributed by atoms with van der Waals surface area (Å²) < 4.78 is 7.83. The first kappa shape index (κ1) is 21.2. The highest BCUT2D eigenvalue weighted by Gasteiger charge is 2.33. The molecule has 0 radical (unpaired) electrons. The van der Waals surface area contributed by atoms with Gasteiger partial charge in [0.1, 0.15) is 5.52 Å². The Bertz CT molecular complexity index is 1570. The fourth-order valence-corrected chi connectivity index (χ4v) is 5.30. The predicted molar refractivity (Wildman–Crippen MR) is 135 cm³/mol. The predicted octanol–water partition coefficient (Wildman–Crippen LogP) is 5.16. The summed E-state index contributed by atoms with van der Waals surface area (Å²) in [5.74, 6) is 1.92. The van der Waals surface area contributed by atoms with E-state index in [1.807, 2.05) is 60.4 Å². The molecule has 1 unspecified atom stereocenters. The van der Waals surface area contributed by atoms with Gasteiger partial charge in [-0.25, -0.2) is 15.0 Å². The van der Waals surface area contributed by atoms with E-state index in [1.54, 1.807) is 10.9 Å². The highest BCUT2D eigenvalue weighted by molar-refractivity contribution is 6.07. The summed E-state index contributed by atoms with van der Waals surface area (Å²) in [4.78, 5) is 30.2. The molecule has 1 amide bonds. The van der Waals surface area contributed by atoms with Gasteiger partial charge in [0.05, 0.1) is 22.6 Å². The van der Waals surface area contributed by atoms with Crippen LogP contribution in [0.2, 0.25) is 0 Å². The molecule has 0 spiro atoms. The summed E-state index contributed by atoms with van der Waals surface area (Å²) in [6, 6.07) is 15.5. The lowest BCUT2D eigenvalue weighted by molar-refractivity contribution is 0.0700. The molecule has 1 aromatic carbocycles. The average molecular weight is 479 g/mol. The number of pyridine rings is 2. The van der Waals surface area contributed by atoms with E-state index in [-0.39, 0.29) is 11.8 Å². The Morgan fingerprint density at radius 3 is 2.69 bits per heavy atom. The minimum absolute atomic E-state index is 0.0220. The van der Waals surface area contributed by atoms with Gasteiger partial charge < -0.3 is 9.32 Å². The quantitative estimate of drug-likeness (QED) is 0.354. The average Bonchev–Trinajstić information content (AvgIpc) is 3.60. The first-order valence-electron chi connectivity index (χ1n) is 12.6. The smallest absolute Gasteiger partial charge is 0.254 e. The van der Waals surface area contributed by atoms with Gasteiger partial charge in [0, 0.05) is 30.9 Å². The molecular formula is C28H26N6O2. The maximum absolute atomic E-state index is 14.1. The number of fused-ring (bicyclic) bond motifs is 2. The van der Waals surface area contributed by atoms with Crippen molar-refractivity contribution in [3.63, 3.8) is 0 Å². The minimum Gasteiger partial charge on any atom is -0.440 e. The number of carbonyl (C=O) groups is 1. The van der Waals surface area contributed by atoms with Gasteiger partial charge in [-0.3, -0.25) is 4.79 Å². The Labute approximate surface area is 208 Å². The molecule has 36 heavy (non-hydrogen) atoms. The third-order valence-corrected chi connectivity index (χ3v) is 7.29. The van der Waals surface area contributed by atoms with E-state index in [4.69, 9.17) is 19.5 Å². The van der Waals surface area contributed by atoms with Crippen LogP contribution < -0.4 is 0 Å². The van der Waals surface area contributed by atoms with Gasteiger partial charge in [0.15, 0.2) is 22.9 Å². The summed E-state index contributed by atoms with van der Waals surface area (Å²) in [5.41, 5.74) is 4.78. The van der Waals surface area contributed by atoms with Gasteiger partial charge in [-0.1, -0.05) is 18.2 Å². The number of oxazole rings is 1. The maximum Gasteiger partial charge on any atom is 0.254 e. The molecule has 1 aliphatic heterocycles. The number of carbonyl (C=O) groups excluding carboxylic acids is 1. The second-order valence-corrected chi connectivity index (χ2v) is 9.86. The third kappa shape index (κ3) is 3.56. The fraction of sp³-hybridized carbons (Fsp3) is 0.321. The molecule has 1 saturated carbocycles. The summed E-state index contributed by atoms with van der Waals surface area (Å²) in [6.45, 7) is 3.24. The lowest BCUT2D eigenvalue weighted by Crippen LogP contribution is -2.39. The molecule has 5 heterocycles. The number of aromatic nitrogens is 5. The maximum atomic E-state index is 14.1. The van der Waals surface area contributed by atoms with Crippen molar-refractivity contribution in [3.05, 3.63) is 77.6 Å². The van der Waals surface area contributed by atoms with E-state index in [2.05, 4.69) is 4.98 Å². The highest BCUT2D eigenvalue weighted by Crippen LogP contribution is 2.41. The van der Waals surface area contributed by atoms with Gasteiger partial charge in [-0.05, 0) is 62.9 Å². The Morgan fingerprint density at radius 1 is 1.03 bits per heavy atom. The van der Waals surface area contributed by atoms with E-state index in [9.17, 15) is 4.79 Å². The van der Waals surface area contributed by atoms with Crippen molar-refractivity contribution in [2.75, 3.05) is 13.1 Å². The van der Waals surface area contributed by atoms with Gasteiger partial charge >= 0.3 is 0 Å². The number of amides is 1. The van der Waals surface area contributed by atoms with Crippen LogP contribution in [0.4, 0.5) is 0 Å². The van der Waals surface area contributed by atoms with Crippen LogP contribution in [0.1, 0.15) is 65.2 Å². The number of aryl methyl sites for hydroxylation is 1. The molecule has 7 rings (SSSR count). The van der Waals surface area contributed by atoms with Crippen LogP contribution in [0, 0.1) is 6.92 Å². The molecule has 1 aliphatic carbocycles. The van der Waals surface area contributed by atoms with E-state index >= 15 is 0 Å². The summed E-state index contributed by atoms with van der Waals surface area (Å²) >= 11 is 0. The Hall–Kier alpha value is -4.07. The Morgan fingerprint density at radius 2 is 1.89 bits per heavy atom. The molecule has 180 valence electrons. The van der Waals surface area contributed by atoms with Crippen molar-refractivity contribution < 1.29 is 9.21 Å². The van der Waals surface area contributed by atoms with Crippen LogP contribution in [0.15, 0.2) is 59.1 Å². The van der Waals surface area contributed by atoms with Crippen molar-refractivity contribution in [1.82, 2.24) is 29.6 Å². The largest absolute Gasteiger partial charge is 0.440 e. The number of benzene rings is 1. The van der Waals surface area contributed by atoms with Crippen LogP contribution in [0.25, 0.3) is 28.0 Å². The normalized spacial score (nSPS) is 18.2. The zero-order valence-corrected chi connectivity index (χ0v) is 20.1. The van der Waals surface area contributed by atoms with Gasteiger partial charge in [0.2, 0.25) is 0 Å². The summed E-state index contributed by atoms with van der Waals surface area (Å²) in [6.07, 6.45) is 5.81. The van der Waals surface area contributed by atoms with E-state index in [0.29, 0.717) is 41.9 Å². The molecule has 8 heteroatoms. The summed E-state index contributed by atoms with van der Waals surface area (Å²) in [7, 11) is 0. The number of piperidine rings is 1. The third-order valence-electron chi connectivity index (χ3n) is 7.29. The van der Waals surface area contributed by atoms with E-state index in [0.717, 1.165) is 53.6 Å². The highest BCUT2D eigenvalue weighted by atomic mass is 16.3. The first-order chi connectivity index (χ1) is 17.7. The topological polar surface area (TPSA) is 89.9 Å². The monoisotopic (exact) mass is 478 g/mol. The van der Waals surface area contributed by atoms with Gasteiger partial charge in [0.25, 0.3) is 5.91 Å². The SMILES string of the molecule is Cc1nn(-c2ccccn2)c2nc(C3CC3)cc(C(=O)N3CCCC(c4nc5ccccc5o4)C3)c12. The standard InChI is InChI=1S/C28H26N6O2/c1-17-25-20(15-22(18-11-12-18)30-26(25)34(32-17)24-10-4-5-13-29-24)28(35)33-14-6-7-19(16-33)27-31-21-8-2-3-9-23(21)36-27/h2-5,8-10,13,15,18-19H,6-7,11-12,14,16H2,1H3. The molecule has 2 fully saturated rings. The molecular weight excluding hydrogens is 452 g/mol. The summed E-state index contributed by atoms with van der Waals surface area (Å²) in [5, 5.41) is 5.56. The lowest BCUT2D eigenvalue weighted by Gasteiger charge is -2.31. The molecule has 5 aromatic rings. The Kier molecular flexibility index (Phi) is 4.87. The van der Waals surface area contributed by atoms with Crippen LogP contribution in [0.3, 0.4) is 0 Å². The number of likely N-dealkylation sites (tertiary alicyclic amines) is 1. The molecule has 4 aromatic heterocycles.